The normalized spacial score (nSPS) is 13.4. The molecule has 124 valence electrons. The lowest BCUT2D eigenvalue weighted by Gasteiger charge is -2.12. The first-order chi connectivity index (χ1) is 12.2. The fourth-order valence-corrected chi connectivity index (χ4v) is 2.75. The van der Waals surface area contributed by atoms with Gasteiger partial charge in [0, 0.05) is 12.7 Å². The number of amides is 2. The second-order valence-corrected chi connectivity index (χ2v) is 5.58. The molecule has 4 rings (SSSR count). The van der Waals surface area contributed by atoms with E-state index < -0.39 is 0 Å². The molecule has 3 aromatic rings. The molecule has 0 spiro atoms. The van der Waals surface area contributed by atoms with Crippen molar-refractivity contribution in [2.45, 2.75) is 13.0 Å². The molecule has 0 radical (unpaired) electrons. The van der Waals surface area contributed by atoms with Gasteiger partial charge in [0.25, 0.3) is 11.8 Å². The van der Waals surface area contributed by atoms with Crippen LogP contribution in [0.25, 0.3) is 11.5 Å². The second kappa shape index (κ2) is 6.23. The Balaban J connectivity index is 1.39. The third kappa shape index (κ3) is 2.78. The lowest BCUT2D eigenvalue weighted by atomic mass is 10.1. The van der Waals surface area contributed by atoms with Crippen molar-refractivity contribution in [2.75, 3.05) is 6.54 Å². The Morgan fingerprint density at radius 3 is 2.28 bits per heavy atom. The van der Waals surface area contributed by atoms with E-state index in [0.29, 0.717) is 42.2 Å². The van der Waals surface area contributed by atoms with Gasteiger partial charge in [-0.3, -0.25) is 19.5 Å². The van der Waals surface area contributed by atoms with Gasteiger partial charge in [-0.2, -0.15) is 4.80 Å². The van der Waals surface area contributed by atoms with E-state index in [0.717, 1.165) is 0 Å². The Hall–Kier alpha value is -3.42. The molecule has 8 nitrogen and oxygen atoms in total. The minimum absolute atomic E-state index is 0.249. The maximum Gasteiger partial charge on any atom is 0.261 e. The SMILES string of the molecule is O=C1c2ccccc2C(=O)N1CCCn1nnc(-c2ccccn2)n1. The van der Waals surface area contributed by atoms with E-state index in [1.54, 1.807) is 36.5 Å². The third-order valence-electron chi connectivity index (χ3n) is 3.96. The van der Waals surface area contributed by atoms with Crippen LogP contribution in [0.5, 0.6) is 0 Å². The van der Waals surface area contributed by atoms with Gasteiger partial charge in [0.15, 0.2) is 0 Å². The number of carbonyl (C=O) groups excluding carboxylic acids is 2. The fraction of sp³-hybridized carbons (Fsp3) is 0.176. The van der Waals surface area contributed by atoms with Crippen molar-refractivity contribution in [1.82, 2.24) is 30.1 Å². The zero-order chi connectivity index (χ0) is 17.2. The van der Waals surface area contributed by atoms with E-state index in [1.807, 2.05) is 12.1 Å². The average Bonchev–Trinajstić information content (AvgIpc) is 3.22. The van der Waals surface area contributed by atoms with Gasteiger partial charge in [-0.15, -0.1) is 10.2 Å². The van der Waals surface area contributed by atoms with Gasteiger partial charge >= 0.3 is 0 Å². The Kier molecular flexibility index (Phi) is 3.77. The van der Waals surface area contributed by atoms with Gasteiger partial charge in [-0.1, -0.05) is 18.2 Å². The number of tetrazole rings is 1. The highest BCUT2D eigenvalue weighted by Gasteiger charge is 2.34. The topological polar surface area (TPSA) is 93.9 Å². The van der Waals surface area contributed by atoms with Crippen molar-refractivity contribution in [3.8, 4) is 11.5 Å². The molecule has 0 aliphatic carbocycles. The summed E-state index contributed by atoms with van der Waals surface area (Å²) in [4.78, 5) is 31.5. The molecule has 3 heterocycles. The van der Waals surface area contributed by atoms with Gasteiger partial charge in [-0.05, 0) is 35.9 Å². The number of hydrogen-bond donors (Lipinski definition) is 0. The number of aryl methyl sites for hydroxylation is 1. The monoisotopic (exact) mass is 334 g/mol. The van der Waals surface area contributed by atoms with Crippen LogP contribution >= 0.6 is 0 Å². The summed E-state index contributed by atoms with van der Waals surface area (Å²) in [6.45, 7) is 0.764. The number of carbonyl (C=O) groups is 2. The van der Waals surface area contributed by atoms with E-state index >= 15 is 0 Å². The molecule has 0 bridgehead atoms. The summed E-state index contributed by atoms with van der Waals surface area (Å²) >= 11 is 0. The number of imide groups is 1. The minimum Gasteiger partial charge on any atom is -0.274 e. The third-order valence-corrected chi connectivity index (χ3v) is 3.96. The predicted octanol–water partition coefficient (Wildman–Crippen LogP) is 1.42. The summed E-state index contributed by atoms with van der Waals surface area (Å²) in [5.74, 6) is -0.0519. The highest BCUT2D eigenvalue weighted by atomic mass is 16.2. The fourth-order valence-electron chi connectivity index (χ4n) is 2.75. The quantitative estimate of drug-likeness (QED) is 0.655. The summed E-state index contributed by atoms with van der Waals surface area (Å²) in [6, 6.07) is 12.3. The zero-order valence-electron chi connectivity index (χ0n) is 13.2. The molecule has 0 unspecified atom stereocenters. The van der Waals surface area contributed by atoms with Gasteiger partial charge in [0.2, 0.25) is 5.82 Å². The van der Waals surface area contributed by atoms with Crippen molar-refractivity contribution in [2.24, 2.45) is 0 Å². The molecule has 0 saturated heterocycles. The molecule has 2 amide bonds. The first-order valence-corrected chi connectivity index (χ1v) is 7.88. The molecule has 25 heavy (non-hydrogen) atoms. The summed E-state index contributed by atoms with van der Waals surface area (Å²) in [6.07, 6.45) is 2.21. The van der Waals surface area contributed by atoms with Gasteiger partial charge in [0.05, 0.1) is 17.7 Å². The molecular weight excluding hydrogens is 320 g/mol. The van der Waals surface area contributed by atoms with E-state index in [2.05, 4.69) is 20.4 Å². The van der Waals surface area contributed by atoms with Gasteiger partial charge in [-0.25, -0.2) is 0 Å². The standard InChI is InChI=1S/C17H14N6O2/c24-16-12-6-1-2-7-13(12)17(25)22(16)10-5-11-23-20-15(19-21-23)14-8-3-4-9-18-14/h1-4,6-9H,5,10-11H2. The van der Waals surface area contributed by atoms with Gasteiger partial charge < -0.3 is 0 Å². The highest BCUT2D eigenvalue weighted by Crippen LogP contribution is 2.22. The number of benzene rings is 1. The number of hydrogen-bond acceptors (Lipinski definition) is 6. The molecular formula is C17H14N6O2. The van der Waals surface area contributed by atoms with Crippen molar-refractivity contribution in [3.05, 3.63) is 59.8 Å². The highest BCUT2D eigenvalue weighted by molar-refractivity contribution is 6.21. The predicted molar refractivity (Wildman–Crippen MR) is 87.5 cm³/mol. The van der Waals surface area contributed by atoms with Crippen LogP contribution in [0.2, 0.25) is 0 Å². The smallest absolute Gasteiger partial charge is 0.261 e. The maximum atomic E-state index is 12.3. The van der Waals surface area contributed by atoms with Gasteiger partial charge in [0.1, 0.15) is 5.69 Å². The minimum atomic E-state index is -0.249. The molecule has 0 fully saturated rings. The molecule has 0 N–H and O–H groups in total. The van der Waals surface area contributed by atoms with E-state index in [4.69, 9.17) is 0 Å². The van der Waals surface area contributed by atoms with Crippen LogP contribution in [-0.4, -0.2) is 48.5 Å². The summed E-state index contributed by atoms with van der Waals surface area (Å²) < 4.78 is 0. The second-order valence-electron chi connectivity index (χ2n) is 5.58. The molecule has 0 atom stereocenters. The van der Waals surface area contributed by atoms with E-state index in [-0.39, 0.29) is 11.8 Å². The Morgan fingerprint density at radius 1 is 0.880 bits per heavy atom. The average molecular weight is 334 g/mol. The van der Waals surface area contributed by atoms with Crippen LogP contribution < -0.4 is 0 Å². The first kappa shape index (κ1) is 15.1. The van der Waals surface area contributed by atoms with Crippen LogP contribution in [0.4, 0.5) is 0 Å². The molecule has 0 saturated carbocycles. The van der Waals surface area contributed by atoms with E-state index in [9.17, 15) is 9.59 Å². The maximum absolute atomic E-state index is 12.3. The van der Waals surface area contributed by atoms with Crippen LogP contribution in [0.1, 0.15) is 27.1 Å². The lowest BCUT2D eigenvalue weighted by molar-refractivity contribution is 0.0649. The van der Waals surface area contributed by atoms with Crippen molar-refractivity contribution in [3.63, 3.8) is 0 Å². The van der Waals surface area contributed by atoms with E-state index in [1.165, 1.54) is 9.70 Å². The summed E-state index contributed by atoms with van der Waals surface area (Å²) in [5, 5.41) is 12.2. The summed E-state index contributed by atoms with van der Waals surface area (Å²) in [7, 11) is 0. The molecule has 1 aliphatic rings. The number of pyridine rings is 1. The number of nitrogens with zero attached hydrogens (tertiary/aromatic N) is 6. The van der Waals surface area contributed by atoms with Crippen LogP contribution in [0.3, 0.4) is 0 Å². The molecule has 1 aliphatic heterocycles. The number of rotatable bonds is 5. The Morgan fingerprint density at radius 2 is 1.60 bits per heavy atom. The van der Waals surface area contributed by atoms with Crippen LogP contribution in [0.15, 0.2) is 48.7 Å². The first-order valence-electron chi connectivity index (χ1n) is 7.88. The Labute approximate surface area is 143 Å². The molecule has 1 aromatic carbocycles. The van der Waals surface area contributed by atoms with Crippen molar-refractivity contribution < 1.29 is 9.59 Å². The number of aromatic nitrogens is 5. The lowest BCUT2D eigenvalue weighted by Crippen LogP contribution is -2.31. The van der Waals surface area contributed by atoms with Crippen LogP contribution in [-0.2, 0) is 6.54 Å². The van der Waals surface area contributed by atoms with Crippen molar-refractivity contribution in [1.29, 1.82) is 0 Å². The van der Waals surface area contributed by atoms with Crippen molar-refractivity contribution >= 4 is 11.8 Å². The summed E-state index contributed by atoms with van der Waals surface area (Å²) in [5.41, 5.74) is 1.57. The number of fused-ring (bicyclic) bond motifs is 1. The Bertz CT molecular complexity index is 902. The zero-order valence-corrected chi connectivity index (χ0v) is 13.2. The molecule has 2 aromatic heterocycles. The van der Waals surface area contributed by atoms with Crippen LogP contribution in [0, 0.1) is 0 Å². The largest absolute Gasteiger partial charge is 0.274 e. The molecule has 8 heteroatoms.